The topological polar surface area (TPSA) is 67.9 Å². The lowest BCUT2D eigenvalue weighted by molar-refractivity contribution is -0.134. The minimum Gasteiger partial charge on any atom is -0.466 e. The van der Waals surface area contributed by atoms with Crippen LogP contribution in [0.5, 0.6) is 0 Å². The predicted molar refractivity (Wildman–Crippen MR) is 62.9 cm³/mol. The van der Waals surface area contributed by atoms with E-state index in [-0.39, 0.29) is 5.97 Å². The number of hydrogen-bond donors (Lipinski definition) is 1. The third-order valence-corrected chi connectivity index (χ3v) is 2.23. The first-order chi connectivity index (χ1) is 8.29. The molecule has 0 unspecified atom stereocenters. The van der Waals surface area contributed by atoms with E-state index in [0.717, 1.165) is 16.8 Å². The van der Waals surface area contributed by atoms with Crippen molar-refractivity contribution in [1.29, 1.82) is 0 Å². The van der Waals surface area contributed by atoms with Gasteiger partial charge in [-0.05, 0) is 11.6 Å². The van der Waals surface area contributed by atoms with Gasteiger partial charge in [0.25, 0.3) is 0 Å². The van der Waals surface area contributed by atoms with Gasteiger partial charge in [-0.1, -0.05) is 24.3 Å². The van der Waals surface area contributed by atoms with Crippen molar-refractivity contribution in [2.45, 2.75) is 0 Å². The van der Waals surface area contributed by atoms with Gasteiger partial charge in [0.1, 0.15) is 5.69 Å². The lowest BCUT2D eigenvalue weighted by Crippen LogP contribution is -1.93. The fraction of sp³-hybridized carbons (Fsp3) is 0.0833. The summed E-state index contributed by atoms with van der Waals surface area (Å²) in [5.41, 5.74) is 2.67. The number of carbonyl (C=O) groups excluding carboxylic acids is 1. The zero-order valence-electron chi connectivity index (χ0n) is 9.25. The van der Waals surface area contributed by atoms with E-state index in [1.165, 1.54) is 13.2 Å². The molecule has 0 saturated carbocycles. The van der Waals surface area contributed by atoms with Crippen LogP contribution < -0.4 is 0 Å². The number of ether oxygens (including phenoxy) is 1. The summed E-state index contributed by atoms with van der Waals surface area (Å²) in [7, 11) is 1.35. The Kier molecular flexibility index (Phi) is 3.30. The zero-order valence-corrected chi connectivity index (χ0v) is 9.25. The van der Waals surface area contributed by atoms with Gasteiger partial charge in [0.15, 0.2) is 0 Å². The summed E-state index contributed by atoms with van der Waals surface area (Å²) >= 11 is 0. The summed E-state index contributed by atoms with van der Waals surface area (Å²) < 4.78 is 4.51. The Morgan fingerprint density at radius 2 is 2.12 bits per heavy atom. The maximum Gasteiger partial charge on any atom is 0.330 e. The summed E-state index contributed by atoms with van der Waals surface area (Å²) in [6, 6.07) is 7.61. The molecule has 2 rings (SSSR count). The Labute approximate surface area is 98.1 Å². The summed E-state index contributed by atoms with van der Waals surface area (Å²) in [6.07, 6.45) is 4.73. The van der Waals surface area contributed by atoms with Gasteiger partial charge in [0, 0.05) is 11.6 Å². The van der Waals surface area contributed by atoms with Crippen molar-refractivity contribution in [3.05, 3.63) is 42.1 Å². The molecule has 0 aliphatic rings. The fourth-order valence-electron chi connectivity index (χ4n) is 1.34. The molecule has 17 heavy (non-hydrogen) atoms. The van der Waals surface area contributed by atoms with Gasteiger partial charge in [-0.15, -0.1) is 0 Å². The van der Waals surface area contributed by atoms with Crippen LogP contribution in [0.1, 0.15) is 5.56 Å². The lowest BCUT2D eigenvalue weighted by Gasteiger charge is -1.97. The van der Waals surface area contributed by atoms with Gasteiger partial charge in [-0.25, -0.2) is 4.79 Å². The second kappa shape index (κ2) is 5.07. The third-order valence-electron chi connectivity index (χ3n) is 2.23. The van der Waals surface area contributed by atoms with Crippen molar-refractivity contribution in [3.63, 3.8) is 0 Å². The van der Waals surface area contributed by atoms with Crippen molar-refractivity contribution in [2.75, 3.05) is 7.11 Å². The molecule has 1 heterocycles. The molecule has 1 N–H and O–H groups in total. The summed E-state index contributed by atoms with van der Waals surface area (Å²) in [5, 5.41) is 10.3. The number of benzene rings is 1. The largest absolute Gasteiger partial charge is 0.466 e. The molecule has 0 amide bonds. The highest BCUT2D eigenvalue weighted by Crippen LogP contribution is 2.16. The van der Waals surface area contributed by atoms with Crippen LogP contribution >= 0.6 is 0 Å². The number of H-pyrrole nitrogens is 1. The monoisotopic (exact) mass is 229 g/mol. The van der Waals surface area contributed by atoms with Crippen molar-refractivity contribution < 1.29 is 9.53 Å². The number of aromatic amines is 1. The number of aromatic nitrogens is 3. The van der Waals surface area contributed by atoms with Gasteiger partial charge in [-0.3, -0.25) is 0 Å². The van der Waals surface area contributed by atoms with Crippen LogP contribution in [0.25, 0.3) is 17.3 Å². The van der Waals surface area contributed by atoms with E-state index < -0.39 is 0 Å². The van der Waals surface area contributed by atoms with Crippen LogP contribution in [0, 0.1) is 0 Å². The van der Waals surface area contributed by atoms with Crippen molar-refractivity contribution in [2.24, 2.45) is 0 Å². The summed E-state index contributed by atoms with van der Waals surface area (Å²) in [4.78, 5) is 10.9. The Balaban J connectivity index is 2.14. The third kappa shape index (κ3) is 2.78. The lowest BCUT2D eigenvalue weighted by atomic mass is 10.1. The Morgan fingerprint density at radius 1 is 1.35 bits per heavy atom. The van der Waals surface area contributed by atoms with E-state index in [1.807, 2.05) is 24.3 Å². The standard InChI is InChI=1S/C12H11N3O2/c1-17-12(16)7-4-9-2-5-10(6-3-9)11-8-13-15-14-11/h2-8H,1H3,(H,13,14,15). The summed E-state index contributed by atoms with van der Waals surface area (Å²) in [5.74, 6) is -0.370. The van der Waals surface area contributed by atoms with Crippen LogP contribution in [0.3, 0.4) is 0 Å². The number of methoxy groups -OCH3 is 1. The highest BCUT2D eigenvalue weighted by Gasteiger charge is 1.99. The molecule has 0 bridgehead atoms. The maximum atomic E-state index is 10.9. The average Bonchev–Trinajstić information content (AvgIpc) is 2.90. The number of rotatable bonds is 3. The normalized spacial score (nSPS) is 10.6. The van der Waals surface area contributed by atoms with Gasteiger partial charge in [0.2, 0.25) is 0 Å². The quantitative estimate of drug-likeness (QED) is 0.642. The van der Waals surface area contributed by atoms with E-state index in [4.69, 9.17) is 0 Å². The van der Waals surface area contributed by atoms with Crippen molar-refractivity contribution >= 4 is 12.0 Å². The molecule has 0 radical (unpaired) electrons. The number of hydrogen-bond acceptors (Lipinski definition) is 4. The molecular formula is C12H11N3O2. The second-order valence-electron chi connectivity index (χ2n) is 3.33. The van der Waals surface area contributed by atoms with Crippen LogP contribution in [0.2, 0.25) is 0 Å². The van der Waals surface area contributed by atoms with Gasteiger partial charge in [0.05, 0.1) is 13.3 Å². The van der Waals surface area contributed by atoms with E-state index >= 15 is 0 Å². The molecular weight excluding hydrogens is 218 g/mol. The second-order valence-corrected chi connectivity index (χ2v) is 3.33. The SMILES string of the molecule is COC(=O)C=Cc1ccc(-c2cn[nH]n2)cc1. The number of nitrogens with one attached hydrogen (secondary N) is 1. The van der Waals surface area contributed by atoms with Crippen LogP contribution in [-0.4, -0.2) is 28.5 Å². The molecule has 5 nitrogen and oxygen atoms in total. The molecule has 86 valence electrons. The average molecular weight is 229 g/mol. The maximum absolute atomic E-state index is 10.9. The first-order valence-corrected chi connectivity index (χ1v) is 5.02. The van der Waals surface area contributed by atoms with E-state index in [1.54, 1.807) is 12.3 Å². The molecule has 1 aromatic heterocycles. The Hall–Kier alpha value is -2.43. The van der Waals surface area contributed by atoms with Gasteiger partial charge in [-0.2, -0.15) is 15.4 Å². The number of nitrogens with zero attached hydrogens (tertiary/aromatic N) is 2. The highest BCUT2D eigenvalue weighted by atomic mass is 16.5. The highest BCUT2D eigenvalue weighted by molar-refractivity contribution is 5.87. The molecule has 1 aromatic carbocycles. The molecule has 0 fully saturated rings. The van der Waals surface area contributed by atoms with Crippen molar-refractivity contribution in [1.82, 2.24) is 15.4 Å². The number of esters is 1. The van der Waals surface area contributed by atoms with Gasteiger partial charge >= 0.3 is 5.97 Å². The minimum absolute atomic E-state index is 0.370. The molecule has 0 aliphatic heterocycles. The van der Waals surface area contributed by atoms with Crippen LogP contribution in [0.15, 0.2) is 36.5 Å². The van der Waals surface area contributed by atoms with Crippen molar-refractivity contribution in [3.8, 4) is 11.3 Å². The molecule has 0 saturated heterocycles. The zero-order chi connectivity index (χ0) is 12.1. The molecule has 5 heteroatoms. The van der Waals surface area contributed by atoms with Crippen LogP contribution in [0.4, 0.5) is 0 Å². The Morgan fingerprint density at radius 3 is 2.71 bits per heavy atom. The van der Waals surface area contributed by atoms with E-state index in [2.05, 4.69) is 20.1 Å². The molecule has 0 atom stereocenters. The first kappa shape index (κ1) is 11.1. The molecule has 0 spiro atoms. The molecule has 0 aliphatic carbocycles. The smallest absolute Gasteiger partial charge is 0.330 e. The van der Waals surface area contributed by atoms with Crippen LogP contribution in [-0.2, 0) is 9.53 Å². The van der Waals surface area contributed by atoms with E-state index in [9.17, 15) is 4.79 Å². The minimum atomic E-state index is -0.370. The first-order valence-electron chi connectivity index (χ1n) is 5.02. The summed E-state index contributed by atoms with van der Waals surface area (Å²) in [6.45, 7) is 0. The molecule has 2 aromatic rings. The predicted octanol–water partition coefficient (Wildman–Crippen LogP) is 1.66. The number of carbonyl (C=O) groups is 1. The van der Waals surface area contributed by atoms with Gasteiger partial charge < -0.3 is 4.74 Å². The Bertz CT molecular complexity index is 515. The van der Waals surface area contributed by atoms with E-state index in [0.29, 0.717) is 0 Å². The fourth-order valence-corrected chi connectivity index (χ4v) is 1.34.